The predicted molar refractivity (Wildman–Crippen MR) is 89.2 cm³/mol. The normalized spacial score (nSPS) is 11.4. The third kappa shape index (κ3) is 4.18. The summed E-state index contributed by atoms with van der Waals surface area (Å²) in [6, 6.07) is 9.36. The van der Waals surface area contributed by atoms with E-state index in [9.17, 15) is 23.3 Å². The zero-order chi connectivity index (χ0) is 18.6. The van der Waals surface area contributed by atoms with Crippen LogP contribution in [0.4, 0.5) is 5.69 Å². The average molecular weight is 363 g/mol. The fourth-order valence-electron chi connectivity index (χ4n) is 1.98. The van der Waals surface area contributed by atoms with E-state index in [2.05, 4.69) is 5.10 Å². The molecule has 0 aliphatic carbocycles. The second-order valence-electron chi connectivity index (χ2n) is 4.95. The minimum absolute atomic E-state index is 0.0450. The van der Waals surface area contributed by atoms with Crippen LogP contribution in [0.15, 0.2) is 52.5 Å². The van der Waals surface area contributed by atoms with E-state index in [1.54, 1.807) is 6.07 Å². The molecule has 0 atom stereocenters. The van der Waals surface area contributed by atoms with Crippen LogP contribution in [0.5, 0.6) is 0 Å². The second-order valence-corrected chi connectivity index (χ2v) is 6.61. The average Bonchev–Trinajstić information content (AvgIpc) is 2.55. The van der Waals surface area contributed by atoms with Crippen LogP contribution in [0.3, 0.4) is 0 Å². The summed E-state index contributed by atoms with van der Waals surface area (Å²) in [5, 5.41) is 23.5. The second kappa shape index (κ2) is 7.09. The number of hydrazone groups is 1. The third-order valence-electron chi connectivity index (χ3n) is 3.26. The van der Waals surface area contributed by atoms with Crippen LogP contribution in [0, 0.1) is 17.0 Å². The van der Waals surface area contributed by atoms with Crippen LogP contribution >= 0.6 is 0 Å². The lowest BCUT2D eigenvalue weighted by atomic mass is 10.1. The van der Waals surface area contributed by atoms with Gasteiger partial charge in [-0.2, -0.15) is 13.5 Å². The number of nitro groups is 1. The number of aryl methyl sites for hydroxylation is 1. The lowest BCUT2D eigenvalue weighted by Gasteiger charge is -2.05. The molecule has 2 aromatic carbocycles. The molecule has 0 aliphatic rings. The highest BCUT2D eigenvalue weighted by Gasteiger charge is 2.19. The smallest absolute Gasteiger partial charge is 0.336 e. The molecule has 0 fully saturated rings. The molecule has 10 heteroatoms. The van der Waals surface area contributed by atoms with Crippen LogP contribution in [-0.4, -0.2) is 30.6 Å². The monoisotopic (exact) mass is 363 g/mol. The number of benzene rings is 2. The molecule has 0 radical (unpaired) electrons. The Labute approximate surface area is 142 Å². The molecule has 0 aliphatic heterocycles. The number of aromatic carboxylic acids is 1. The standard InChI is InChI=1S/C15H13N3O6S/c1-10-6-7-12(8-14(10)18(21)22)25(23,24)17-16-9-11-4-2-3-5-13(11)15(19)20/h2-9,17H,1H3,(H,19,20)/b16-9+. The van der Waals surface area contributed by atoms with E-state index in [-0.39, 0.29) is 21.7 Å². The van der Waals surface area contributed by atoms with Gasteiger partial charge in [-0.25, -0.2) is 9.63 Å². The van der Waals surface area contributed by atoms with E-state index in [1.807, 2.05) is 4.83 Å². The van der Waals surface area contributed by atoms with Crippen LogP contribution in [0.1, 0.15) is 21.5 Å². The van der Waals surface area contributed by atoms with Gasteiger partial charge >= 0.3 is 5.97 Å². The summed E-state index contributed by atoms with van der Waals surface area (Å²) in [4.78, 5) is 22.9. The van der Waals surface area contributed by atoms with E-state index in [1.165, 1.54) is 37.3 Å². The Morgan fingerprint density at radius 2 is 1.96 bits per heavy atom. The lowest BCUT2D eigenvalue weighted by molar-refractivity contribution is -0.385. The van der Waals surface area contributed by atoms with Crippen molar-refractivity contribution in [2.45, 2.75) is 11.8 Å². The maximum atomic E-state index is 12.2. The number of nitrogens with zero attached hydrogens (tertiary/aromatic N) is 2. The van der Waals surface area contributed by atoms with E-state index in [0.717, 1.165) is 12.3 Å². The van der Waals surface area contributed by atoms with Gasteiger partial charge in [0.2, 0.25) is 0 Å². The van der Waals surface area contributed by atoms with Gasteiger partial charge in [-0.3, -0.25) is 10.1 Å². The molecular formula is C15H13N3O6S. The minimum atomic E-state index is -4.14. The summed E-state index contributed by atoms with van der Waals surface area (Å²) in [6.07, 6.45) is 1.05. The number of carboxylic acid groups (broad SMARTS) is 1. The van der Waals surface area contributed by atoms with Gasteiger partial charge < -0.3 is 5.11 Å². The molecule has 9 nitrogen and oxygen atoms in total. The van der Waals surface area contributed by atoms with Crippen molar-refractivity contribution in [1.82, 2.24) is 4.83 Å². The molecule has 0 aromatic heterocycles. The molecule has 130 valence electrons. The van der Waals surface area contributed by atoms with Crippen molar-refractivity contribution in [2.75, 3.05) is 0 Å². The number of hydrogen-bond acceptors (Lipinski definition) is 6. The number of carboxylic acids is 1. The van der Waals surface area contributed by atoms with Crippen molar-refractivity contribution < 1.29 is 23.2 Å². The largest absolute Gasteiger partial charge is 0.478 e. The number of hydrogen-bond donors (Lipinski definition) is 2. The molecule has 0 saturated heterocycles. The highest BCUT2D eigenvalue weighted by atomic mass is 32.2. The summed E-state index contributed by atoms with van der Waals surface area (Å²) in [5.41, 5.74) is 0.148. The van der Waals surface area contributed by atoms with E-state index in [4.69, 9.17) is 5.11 Å². The predicted octanol–water partition coefficient (Wildman–Crippen LogP) is 1.91. The molecule has 0 heterocycles. The first-order valence-electron chi connectivity index (χ1n) is 6.84. The SMILES string of the molecule is Cc1ccc(S(=O)(=O)N/N=C/c2ccccc2C(=O)O)cc1[N+](=O)[O-]. The fraction of sp³-hybridized carbons (Fsp3) is 0.0667. The number of carbonyl (C=O) groups is 1. The summed E-state index contributed by atoms with van der Waals surface area (Å²) in [7, 11) is -4.14. The first kappa shape index (κ1) is 18.1. The summed E-state index contributed by atoms with van der Waals surface area (Å²) < 4.78 is 24.3. The Morgan fingerprint density at radius 3 is 2.60 bits per heavy atom. The van der Waals surface area contributed by atoms with Crippen LogP contribution < -0.4 is 4.83 Å². The Morgan fingerprint density at radius 1 is 1.28 bits per heavy atom. The topological polar surface area (TPSA) is 139 Å². The fourth-order valence-corrected chi connectivity index (χ4v) is 2.79. The van der Waals surface area contributed by atoms with Gasteiger partial charge in [0.25, 0.3) is 15.7 Å². The first-order chi connectivity index (χ1) is 11.7. The zero-order valence-electron chi connectivity index (χ0n) is 12.9. The summed E-state index contributed by atoms with van der Waals surface area (Å²) >= 11 is 0. The summed E-state index contributed by atoms with van der Waals surface area (Å²) in [5.74, 6) is -1.18. The van der Waals surface area contributed by atoms with E-state index < -0.39 is 20.9 Å². The van der Waals surface area contributed by atoms with Gasteiger partial charge in [-0.1, -0.05) is 24.3 Å². The van der Waals surface area contributed by atoms with Crippen molar-refractivity contribution >= 4 is 27.9 Å². The van der Waals surface area contributed by atoms with Crippen molar-refractivity contribution in [1.29, 1.82) is 0 Å². The van der Waals surface area contributed by atoms with Gasteiger partial charge in [-0.05, 0) is 19.1 Å². The van der Waals surface area contributed by atoms with Crippen LogP contribution in [0.2, 0.25) is 0 Å². The van der Waals surface area contributed by atoms with Gasteiger partial charge in [0, 0.05) is 17.2 Å². The minimum Gasteiger partial charge on any atom is -0.478 e. The van der Waals surface area contributed by atoms with Gasteiger partial charge in [0.15, 0.2) is 0 Å². The Balaban J connectivity index is 2.27. The maximum absolute atomic E-state index is 12.2. The van der Waals surface area contributed by atoms with Crippen molar-refractivity contribution in [3.63, 3.8) is 0 Å². The van der Waals surface area contributed by atoms with E-state index in [0.29, 0.717) is 5.56 Å². The molecule has 0 bridgehead atoms. The first-order valence-corrected chi connectivity index (χ1v) is 8.33. The van der Waals surface area contributed by atoms with Crippen molar-refractivity contribution in [3.8, 4) is 0 Å². The highest BCUT2D eigenvalue weighted by Crippen LogP contribution is 2.22. The third-order valence-corrected chi connectivity index (χ3v) is 4.48. The number of nitro benzene ring substituents is 1. The molecule has 25 heavy (non-hydrogen) atoms. The molecular weight excluding hydrogens is 350 g/mol. The maximum Gasteiger partial charge on any atom is 0.336 e. The van der Waals surface area contributed by atoms with Gasteiger partial charge in [0.1, 0.15) is 0 Å². The van der Waals surface area contributed by atoms with Crippen molar-refractivity contribution in [2.24, 2.45) is 5.10 Å². The zero-order valence-corrected chi connectivity index (χ0v) is 13.7. The van der Waals surface area contributed by atoms with Crippen LogP contribution in [0.25, 0.3) is 0 Å². The number of rotatable bonds is 6. The Bertz CT molecular complexity index is 969. The Hall–Kier alpha value is -3.27. The van der Waals surface area contributed by atoms with E-state index >= 15 is 0 Å². The lowest BCUT2D eigenvalue weighted by Crippen LogP contribution is -2.19. The quantitative estimate of drug-likeness (QED) is 0.456. The molecule has 2 N–H and O–H groups in total. The molecule has 2 rings (SSSR count). The molecule has 2 aromatic rings. The van der Waals surface area contributed by atoms with Crippen molar-refractivity contribution in [3.05, 3.63) is 69.3 Å². The molecule has 0 spiro atoms. The number of nitrogens with one attached hydrogen (secondary N) is 1. The molecule has 0 unspecified atom stereocenters. The van der Waals surface area contributed by atoms with Crippen LogP contribution in [-0.2, 0) is 10.0 Å². The summed E-state index contributed by atoms with van der Waals surface area (Å²) in [6.45, 7) is 1.49. The molecule has 0 saturated carbocycles. The van der Waals surface area contributed by atoms with Gasteiger partial charge in [-0.15, -0.1) is 0 Å². The Kier molecular flexibility index (Phi) is 5.13. The molecule has 0 amide bonds. The highest BCUT2D eigenvalue weighted by molar-refractivity contribution is 7.89. The number of sulfonamides is 1. The van der Waals surface area contributed by atoms with Gasteiger partial charge in [0.05, 0.1) is 21.6 Å².